The molecule has 4 nitrogen and oxygen atoms in total. The van der Waals surface area contributed by atoms with Crippen molar-refractivity contribution in [2.24, 2.45) is 0 Å². The Morgan fingerprint density at radius 3 is 2.83 bits per heavy atom. The lowest BCUT2D eigenvalue weighted by atomic mass is 10.1. The van der Waals surface area contributed by atoms with Crippen LogP contribution in [0.3, 0.4) is 0 Å². The SMILES string of the molecule is CCCCC(=O)N1CCc2ccc(C(=O)O)cc21. The summed E-state index contributed by atoms with van der Waals surface area (Å²) in [5.41, 5.74) is 2.07. The molecule has 96 valence electrons. The van der Waals surface area contributed by atoms with Gasteiger partial charge in [-0.2, -0.15) is 0 Å². The van der Waals surface area contributed by atoms with Crippen molar-refractivity contribution < 1.29 is 14.7 Å². The molecule has 0 radical (unpaired) electrons. The van der Waals surface area contributed by atoms with Crippen LogP contribution in [0.2, 0.25) is 0 Å². The molecule has 0 unspecified atom stereocenters. The maximum absolute atomic E-state index is 12.0. The van der Waals surface area contributed by atoms with Gasteiger partial charge in [-0.1, -0.05) is 19.4 Å². The van der Waals surface area contributed by atoms with E-state index in [1.54, 1.807) is 17.0 Å². The minimum absolute atomic E-state index is 0.0955. The van der Waals surface area contributed by atoms with Crippen LogP contribution in [-0.4, -0.2) is 23.5 Å². The van der Waals surface area contributed by atoms with Gasteiger partial charge in [-0.25, -0.2) is 4.79 Å². The van der Waals surface area contributed by atoms with Gasteiger partial charge in [-0.05, 0) is 30.5 Å². The highest BCUT2D eigenvalue weighted by atomic mass is 16.4. The van der Waals surface area contributed by atoms with Gasteiger partial charge in [0, 0.05) is 18.7 Å². The molecule has 0 saturated carbocycles. The Morgan fingerprint density at radius 2 is 2.17 bits per heavy atom. The molecule has 0 bridgehead atoms. The Labute approximate surface area is 106 Å². The van der Waals surface area contributed by atoms with Gasteiger partial charge in [0.25, 0.3) is 0 Å². The number of unbranched alkanes of at least 4 members (excludes halogenated alkanes) is 1. The maximum Gasteiger partial charge on any atom is 0.335 e. The molecule has 4 heteroatoms. The molecule has 0 spiro atoms. The van der Waals surface area contributed by atoms with E-state index in [9.17, 15) is 9.59 Å². The number of aromatic carboxylic acids is 1. The van der Waals surface area contributed by atoms with Crippen molar-refractivity contribution in [3.63, 3.8) is 0 Å². The van der Waals surface area contributed by atoms with Gasteiger partial charge in [0.05, 0.1) is 5.56 Å². The number of carboxylic acid groups (broad SMARTS) is 1. The van der Waals surface area contributed by atoms with Gasteiger partial charge in [0.2, 0.25) is 5.91 Å². The standard InChI is InChI=1S/C14H17NO3/c1-2-3-4-13(16)15-8-7-10-5-6-11(14(17)18)9-12(10)15/h5-6,9H,2-4,7-8H2,1H3,(H,17,18). The molecule has 1 heterocycles. The van der Waals surface area contributed by atoms with E-state index in [4.69, 9.17) is 5.11 Å². The van der Waals surface area contributed by atoms with Gasteiger partial charge >= 0.3 is 5.97 Å². The first kappa shape index (κ1) is 12.6. The molecule has 1 amide bonds. The van der Waals surface area contributed by atoms with Gasteiger partial charge < -0.3 is 10.0 Å². The number of nitrogens with zero attached hydrogens (tertiary/aromatic N) is 1. The van der Waals surface area contributed by atoms with Crippen molar-refractivity contribution >= 4 is 17.6 Å². The van der Waals surface area contributed by atoms with Crippen molar-refractivity contribution in [3.05, 3.63) is 29.3 Å². The summed E-state index contributed by atoms with van der Waals surface area (Å²) < 4.78 is 0. The molecule has 2 rings (SSSR count). The molecular weight excluding hydrogens is 230 g/mol. The van der Waals surface area contributed by atoms with E-state index in [-0.39, 0.29) is 11.5 Å². The Kier molecular flexibility index (Phi) is 3.65. The van der Waals surface area contributed by atoms with Crippen LogP contribution in [-0.2, 0) is 11.2 Å². The smallest absolute Gasteiger partial charge is 0.335 e. The van der Waals surface area contributed by atoms with Crippen molar-refractivity contribution in [1.29, 1.82) is 0 Å². The minimum Gasteiger partial charge on any atom is -0.478 e. The van der Waals surface area contributed by atoms with E-state index < -0.39 is 5.97 Å². The summed E-state index contributed by atoms with van der Waals surface area (Å²) >= 11 is 0. The van der Waals surface area contributed by atoms with Crippen LogP contribution in [0.1, 0.15) is 42.1 Å². The molecule has 1 aromatic carbocycles. The molecule has 0 aliphatic carbocycles. The molecule has 18 heavy (non-hydrogen) atoms. The zero-order valence-electron chi connectivity index (χ0n) is 10.5. The summed E-state index contributed by atoms with van der Waals surface area (Å²) in [5, 5.41) is 8.98. The number of benzene rings is 1. The quantitative estimate of drug-likeness (QED) is 0.889. The Hall–Kier alpha value is -1.84. The summed E-state index contributed by atoms with van der Waals surface area (Å²) in [7, 11) is 0. The Balaban J connectivity index is 2.23. The third-order valence-corrected chi connectivity index (χ3v) is 3.27. The monoisotopic (exact) mass is 247 g/mol. The van der Waals surface area contributed by atoms with Crippen molar-refractivity contribution in [2.75, 3.05) is 11.4 Å². The van der Waals surface area contributed by atoms with Crippen LogP contribution in [0.15, 0.2) is 18.2 Å². The maximum atomic E-state index is 12.0. The second kappa shape index (κ2) is 5.21. The number of carbonyl (C=O) groups excluding carboxylic acids is 1. The zero-order chi connectivity index (χ0) is 13.1. The lowest BCUT2D eigenvalue weighted by molar-refractivity contribution is -0.118. The first-order valence-electron chi connectivity index (χ1n) is 6.30. The summed E-state index contributed by atoms with van der Waals surface area (Å²) in [6.45, 7) is 2.72. The van der Waals surface area contributed by atoms with Crippen LogP contribution in [0.25, 0.3) is 0 Å². The highest BCUT2D eigenvalue weighted by Crippen LogP contribution is 2.29. The second-order valence-electron chi connectivity index (χ2n) is 4.55. The predicted molar refractivity (Wildman–Crippen MR) is 69.0 cm³/mol. The number of carbonyl (C=O) groups is 2. The highest BCUT2D eigenvalue weighted by molar-refractivity contribution is 5.97. The number of carboxylic acids is 1. The van der Waals surface area contributed by atoms with Crippen molar-refractivity contribution in [3.8, 4) is 0 Å². The zero-order valence-corrected chi connectivity index (χ0v) is 10.5. The predicted octanol–water partition coefficient (Wildman–Crippen LogP) is 2.46. The molecule has 1 aliphatic rings. The van der Waals surface area contributed by atoms with Crippen molar-refractivity contribution in [2.45, 2.75) is 32.6 Å². The van der Waals surface area contributed by atoms with Crippen LogP contribution in [0, 0.1) is 0 Å². The normalized spacial score (nSPS) is 13.5. The van der Waals surface area contributed by atoms with E-state index in [1.165, 1.54) is 0 Å². The van der Waals surface area contributed by atoms with Gasteiger partial charge in [0.1, 0.15) is 0 Å². The Bertz CT molecular complexity index is 482. The number of rotatable bonds is 4. The summed E-state index contributed by atoms with van der Waals surface area (Å²) in [6, 6.07) is 5.02. The highest BCUT2D eigenvalue weighted by Gasteiger charge is 2.24. The van der Waals surface area contributed by atoms with Crippen LogP contribution < -0.4 is 4.90 Å². The molecule has 0 saturated heterocycles. The number of amides is 1. The Morgan fingerprint density at radius 1 is 1.39 bits per heavy atom. The fraction of sp³-hybridized carbons (Fsp3) is 0.429. The fourth-order valence-corrected chi connectivity index (χ4v) is 2.23. The molecule has 1 N–H and O–H groups in total. The fourth-order valence-electron chi connectivity index (χ4n) is 2.23. The number of hydrogen-bond donors (Lipinski definition) is 1. The molecule has 0 atom stereocenters. The molecule has 1 aromatic rings. The molecule has 0 fully saturated rings. The van der Waals surface area contributed by atoms with E-state index in [0.29, 0.717) is 13.0 Å². The topological polar surface area (TPSA) is 57.6 Å². The minimum atomic E-state index is -0.953. The average Bonchev–Trinajstić information content (AvgIpc) is 2.78. The third-order valence-electron chi connectivity index (χ3n) is 3.27. The number of fused-ring (bicyclic) bond motifs is 1. The third kappa shape index (κ3) is 2.37. The van der Waals surface area contributed by atoms with Crippen LogP contribution in [0.5, 0.6) is 0 Å². The largest absolute Gasteiger partial charge is 0.478 e. The second-order valence-corrected chi connectivity index (χ2v) is 4.55. The first-order chi connectivity index (χ1) is 8.63. The lowest BCUT2D eigenvalue weighted by Crippen LogP contribution is -2.28. The van der Waals surface area contributed by atoms with E-state index in [0.717, 1.165) is 30.5 Å². The number of anilines is 1. The molecular formula is C14H17NO3. The van der Waals surface area contributed by atoms with Gasteiger partial charge in [-0.3, -0.25) is 4.79 Å². The average molecular weight is 247 g/mol. The number of hydrogen-bond acceptors (Lipinski definition) is 2. The van der Waals surface area contributed by atoms with E-state index in [2.05, 4.69) is 0 Å². The molecule has 0 aromatic heterocycles. The van der Waals surface area contributed by atoms with Gasteiger partial charge in [-0.15, -0.1) is 0 Å². The van der Waals surface area contributed by atoms with Gasteiger partial charge in [0.15, 0.2) is 0 Å². The summed E-state index contributed by atoms with van der Waals surface area (Å²) in [6.07, 6.45) is 3.21. The summed E-state index contributed by atoms with van der Waals surface area (Å²) in [4.78, 5) is 24.7. The first-order valence-corrected chi connectivity index (χ1v) is 6.30. The molecule has 1 aliphatic heterocycles. The lowest BCUT2D eigenvalue weighted by Gasteiger charge is -2.17. The van der Waals surface area contributed by atoms with E-state index in [1.807, 2.05) is 13.0 Å². The van der Waals surface area contributed by atoms with E-state index >= 15 is 0 Å². The van der Waals surface area contributed by atoms with Crippen molar-refractivity contribution in [1.82, 2.24) is 0 Å². The van der Waals surface area contributed by atoms with Crippen LogP contribution in [0.4, 0.5) is 5.69 Å². The van der Waals surface area contributed by atoms with Crippen LogP contribution >= 0.6 is 0 Å². The summed E-state index contributed by atoms with van der Waals surface area (Å²) in [5.74, 6) is -0.858.